The molecule has 4 nitrogen and oxygen atoms in total. The van der Waals surface area contributed by atoms with Gasteiger partial charge in [-0.25, -0.2) is 0 Å². The first-order valence-corrected chi connectivity index (χ1v) is 6.90. The highest BCUT2D eigenvalue weighted by molar-refractivity contribution is 5.29. The predicted molar refractivity (Wildman–Crippen MR) is 76.4 cm³/mol. The zero-order valence-corrected chi connectivity index (χ0v) is 11.8. The summed E-state index contributed by atoms with van der Waals surface area (Å²) in [7, 11) is 3.85. The highest BCUT2D eigenvalue weighted by Gasteiger charge is 2.25. The first kappa shape index (κ1) is 14.3. The Kier molecular flexibility index (Phi) is 5.19. The largest absolute Gasteiger partial charge is 0.497 e. The summed E-state index contributed by atoms with van der Waals surface area (Å²) in [4.78, 5) is 2.39. The summed E-state index contributed by atoms with van der Waals surface area (Å²) in [6.07, 6.45) is 2.17. The Labute approximate surface area is 115 Å². The van der Waals surface area contributed by atoms with Crippen LogP contribution in [0.4, 0.5) is 0 Å². The van der Waals surface area contributed by atoms with Gasteiger partial charge in [-0.1, -0.05) is 12.1 Å². The third kappa shape index (κ3) is 3.47. The minimum atomic E-state index is 0.258. The van der Waals surface area contributed by atoms with Crippen LogP contribution >= 0.6 is 0 Å². The molecule has 2 rings (SSSR count). The minimum Gasteiger partial charge on any atom is -0.497 e. The van der Waals surface area contributed by atoms with E-state index in [-0.39, 0.29) is 6.04 Å². The smallest absolute Gasteiger partial charge is 0.118 e. The van der Waals surface area contributed by atoms with Gasteiger partial charge in [-0.15, -0.1) is 0 Å². The quantitative estimate of drug-likeness (QED) is 0.881. The highest BCUT2D eigenvalue weighted by atomic mass is 16.5. The van der Waals surface area contributed by atoms with Crippen LogP contribution in [0.15, 0.2) is 24.3 Å². The summed E-state index contributed by atoms with van der Waals surface area (Å²) < 4.78 is 10.6. The van der Waals surface area contributed by atoms with Crippen molar-refractivity contribution in [2.75, 3.05) is 33.9 Å². The van der Waals surface area contributed by atoms with E-state index >= 15 is 0 Å². The Balaban J connectivity index is 2.08. The molecule has 4 heteroatoms. The van der Waals surface area contributed by atoms with Crippen molar-refractivity contribution in [2.45, 2.75) is 24.9 Å². The summed E-state index contributed by atoms with van der Waals surface area (Å²) in [5, 5.41) is 0. The lowest BCUT2D eigenvalue weighted by Gasteiger charge is -2.37. The molecule has 0 amide bonds. The number of nitrogens with zero attached hydrogens (tertiary/aromatic N) is 1. The van der Waals surface area contributed by atoms with Gasteiger partial charge in [0.25, 0.3) is 0 Å². The molecule has 1 saturated heterocycles. The molecule has 19 heavy (non-hydrogen) atoms. The van der Waals surface area contributed by atoms with Crippen LogP contribution in [0.1, 0.15) is 24.4 Å². The number of rotatable bonds is 5. The van der Waals surface area contributed by atoms with Gasteiger partial charge >= 0.3 is 0 Å². The van der Waals surface area contributed by atoms with Gasteiger partial charge in [0, 0.05) is 31.8 Å². The lowest BCUT2D eigenvalue weighted by atomic mass is 10.0. The van der Waals surface area contributed by atoms with Gasteiger partial charge in [0.05, 0.1) is 7.11 Å². The number of likely N-dealkylation sites (N-methyl/N-ethyl adjacent to an activating group) is 1. The van der Waals surface area contributed by atoms with Crippen molar-refractivity contribution in [2.24, 2.45) is 5.73 Å². The second kappa shape index (κ2) is 6.89. The first-order valence-electron chi connectivity index (χ1n) is 6.90. The van der Waals surface area contributed by atoms with Crippen LogP contribution in [-0.2, 0) is 4.74 Å². The molecule has 1 aliphatic heterocycles. The molecule has 0 aromatic heterocycles. The second-order valence-electron chi connectivity index (χ2n) is 5.03. The van der Waals surface area contributed by atoms with Crippen LogP contribution in [0.3, 0.4) is 0 Å². The number of hydrogen-bond acceptors (Lipinski definition) is 4. The molecule has 0 saturated carbocycles. The zero-order valence-electron chi connectivity index (χ0n) is 11.8. The van der Waals surface area contributed by atoms with Crippen molar-refractivity contribution >= 4 is 0 Å². The molecule has 1 aliphatic rings. The van der Waals surface area contributed by atoms with Crippen molar-refractivity contribution in [3.8, 4) is 5.75 Å². The molecule has 0 aliphatic carbocycles. The number of ether oxygens (including phenoxy) is 2. The second-order valence-corrected chi connectivity index (χ2v) is 5.03. The Morgan fingerprint density at radius 2 is 1.95 bits per heavy atom. The third-order valence-corrected chi connectivity index (χ3v) is 3.98. The lowest BCUT2D eigenvalue weighted by molar-refractivity contribution is 0.0294. The van der Waals surface area contributed by atoms with Crippen LogP contribution in [-0.4, -0.2) is 44.9 Å². The lowest BCUT2D eigenvalue weighted by Crippen LogP contribution is -2.41. The van der Waals surface area contributed by atoms with Crippen LogP contribution in [0.5, 0.6) is 5.75 Å². The average Bonchev–Trinajstić information content (AvgIpc) is 2.49. The average molecular weight is 264 g/mol. The van der Waals surface area contributed by atoms with E-state index in [0.29, 0.717) is 12.6 Å². The van der Waals surface area contributed by atoms with Crippen LogP contribution in [0, 0.1) is 0 Å². The maximum atomic E-state index is 5.98. The van der Waals surface area contributed by atoms with Crippen molar-refractivity contribution in [3.63, 3.8) is 0 Å². The Bertz CT molecular complexity index is 374. The maximum Gasteiger partial charge on any atom is 0.118 e. The molecular weight excluding hydrogens is 240 g/mol. The van der Waals surface area contributed by atoms with E-state index in [1.165, 1.54) is 5.56 Å². The Morgan fingerprint density at radius 3 is 2.47 bits per heavy atom. The van der Waals surface area contributed by atoms with E-state index in [1.54, 1.807) is 7.11 Å². The first-order chi connectivity index (χ1) is 9.26. The molecule has 106 valence electrons. The van der Waals surface area contributed by atoms with E-state index < -0.39 is 0 Å². The minimum absolute atomic E-state index is 0.258. The molecule has 1 aromatic rings. The molecule has 1 unspecified atom stereocenters. The molecule has 1 aromatic carbocycles. The van der Waals surface area contributed by atoms with Gasteiger partial charge in [-0.05, 0) is 37.6 Å². The summed E-state index contributed by atoms with van der Waals surface area (Å²) in [5.74, 6) is 0.883. The van der Waals surface area contributed by atoms with Crippen LogP contribution in [0.25, 0.3) is 0 Å². The van der Waals surface area contributed by atoms with Crippen LogP contribution in [0.2, 0.25) is 0 Å². The van der Waals surface area contributed by atoms with Crippen molar-refractivity contribution < 1.29 is 9.47 Å². The summed E-state index contributed by atoms with van der Waals surface area (Å²) in [6, 6.07) is 9.02. The standard InChI is InChI=1S/C15H24N2O2/c1-17(13-7-9-19-10-8-13)15(11-16)12-3-5-14(18-2)6-4-12/h3-6,13,15H,7-11,16H2,1-2H3. The van der Waals surface area contributed by atoms with Crippen molar-refractivity contribution in [1.29, 1.82) is 0 Å². The molecule has 2 N–H and O–H groups in total. The SMILES string of the molecule is COc1ccc(C(CN)N(C)C2CCOCC2)cc1. The van der Waals surface area contributed by atoms with E-state index in [0.717, 1.165) is 31.8 Å². The number of methoxy groups -OCH3 is 1. The summed E-state index contributed by atoms with van der Waals surface area (Å²) >= 11 is 0. The third-order valence-electron chi connectivity index (χ3n) is 3.98. The van der Waals surface area contributed by atoms with Gasteiger partial charge in [0.2, 0.25) is 0 Å². The fraction of sp³-hybridized carbons (Fsp3) is 0.600. The molecular formula is C15H24N2O2. The topological polar surface area (TPSA) is 47.7 Å². The Morgan fingerprint density at radius 1 is 1.32 bits per heavy atom. The van der Waals surface area contributed by atoms with Crippen LogP contribution < -0.4 is 10.5 Å². The van der Waals surface area contributed by atoms with E-state index in [9.17, 15) is 0 Å². The Hall–Kier alpha value is -1.10. The number of benzene rings is 1. The molecule has 1 atom stereocenters. The number of nitrogens with two attached hydrogens (primary N) is 1. The van der Waals surface area contributed by atoms with Gasteiger partial charge in [-0.2, -0.15) is 0 Å². The molecule has 1 fully saturated rings. The van der Waals surface area contributed by atoms with Crippen molar-refractivity contribution in [3.05, 3.63) is 29.8 Å². The fourth-order valence-electron chi connectivity index (χ4n) is 2.71. The molecule has 0 radical (unpaired) electrons. The molecule has 0 bridgehead atoms. The fourth-order valence-corrected chi connectivity index (χ4v) is 2.71. The summed E-state index contributed by atoms with van der Waals surface area (Å²) in [6.45, 7) is 2.34. The summed E-state index contributed by atoms with van der Waals surface area (Å²) in [5.41, 5.74) is 7.23. The molecule has 1 heterocycles. The van der Waals surface area contributed by atoms with E-state index in [1.807, 2.05) is 12.1 Å². The van der Waals surface area contributed by atoms with E-state index in [4.69, 9.17) is 15.2 Å². The normalized spacial score (nSPS) is 18.5. The maximum absolute atomic E-state index is 5.98. The van der Waals surface area contributed by atoms with Gasteiger partial charge < -0.3 is 15.2 Å². The number of hydrogen-bond donors (Lipinski definition) is 1. The van der Waals surface area contributed by atoms with E-state index in [2.05, 4.69) is 24.1 Å². The highest BCUT2D eigenvalue weighted by Crippen LogP contribution is 2.26. The monoisotopic (exact) mass is 264 g/mol. The zero-order chi connectivity index (χ0) is 13.7. The van der Waals surface area contributed by atoms with Crippen molar-refractivity contribution in [1.82, 2.24) is 4.90 Å². The van der Waals surface area contributed by atoms with Gasteiger partial charge in [-0.3, -0.25) is 4.90 Å². The van der Waals surface area contributed by atoms with Gasteiger partial charge in [0.1, 0.15) is 5.75 Å². The van der Waals surface area contributed by atoms with Gasteiger partial charge in [0.15, 0.2) is 0 Å². The molecule has 0 spiro atoms. The predicted octanol–water partition coefficient (Wildman–Crippen LogP) is 1.81.